The van der Waals surface area contributed by atoms with E-state index in [1.807, 2.05) is 105 Å². The molecule has 0 amide bonds. The molecule has 2 saturated carbocycles. The molecule has 3 saturated heterocycles. The van der Waals surface area contributed by atoms with Crippen molar-refractivity contribution >= 4 is 0 Å². The Morgan fingerprint density at radius 2 is 1.12 bits per heavy atom. The van der Waals surface area contributed by atoms with Gasteiger partial charge in [-0.05, 0) is 48.9 Å². The molecule has 15 heteroatoms. The Balaban J connectivity index is 1.17. The van der Waals surface area contributed by atoms with Crippen LogP contribution in [-0.4, -0.2) is 113 Å². The highest BCUT2D eigenvalue weighted by molar-refractivity contribution is 5.17. The van der Waals surface area contributed by atoms with Crippen molar-refractivity contribution in [1.29, 1.82) is 0 Å². The molecule has 5 fully saturated rings. The third-order valence-corrected chi connectivity index (χ3v) is 12.3. The van der Waals surface area contributed by atoms with Gasteiger partial charge in [-0.1, -0.05) is 96.1 Å². The second-order valence-corrected chi connectivity index (χ2v) is 16.4. The summed E-state index contributed by atoms with van der Waals surface area (Å²) in [6.45, 7) is 4.55. The summed E-state index contributed by atoms with van der Waals surface area (Å²) in [5, 5.41) is 4.33. The SMILES string of the molecule is CO[C@@H]1[C@H]2OC(C)(C)O[C@H]2[C@H](O[C@H]2O[C@H](COCc3ccccc3)[C@@H](OCc3ccccc3)[C@H](OCc3ccccc3)[C@H]2N=[N+]=[N-])[C@@H]2O[C@]3(OC)CCCC[C@@]3(OC)O[C@@H]12. The normalized spacial score (nSPS) is 37.0. The molecule has 5 aliphatic rings. The molecular formula is C45H57N3O12. The quantitative estimate of drug-likeness (QED) is 0.0850. The Kier molecular flexibility index (Phi) is 13.6. The van der Waals surface area contributed by atoms with Gasteiger partial charge in [0.2, 0.25) is 11.6 Å². The number of azide groups is 1. The Bertz CT molecular complexity index is 1870. The number of nitrogens with zero attached hydrogens (tertiary/aromatic N) is 3. The number of ether oxygens (including phenoxy) is 12. The Hall–Kier alpha value is -3.51. The molecule has 3 aromatic carbocycles. The van der Waals surface area contributed by atoms with Crippen molar-refractivity contribution in [3.05, 3.63) is 118 Å². The first-order chi connectivity index (χ1) is 29.2. The molecule has 324 valence electrons. The van der Waals surface area contributed by atoms with Gasteiger partial charge in [0.25, 0.3) is 0 Å². The van der Waals surface area contributed by atoms with Gasteiger partial charge in [-0.25, -0.2) is 0 Å². The van der Waals surface area contributed by atoms with Crippen LogP contribution in [0.4, 0.5) is 0 Å². The summed E-state index contributed by atoms with van der Waals surface area (Å²) in [5.74, 6) is -3.51. The number of hydrogen-bond acceptors (Lipinski definition) is 13. The summed E-state index contributed by atoms with van der Waals surface area (Å²) < 4.78 is 79.8. The lowest BCUT2D eigenvalue weighted by Crippen LogP contribution is -2.77. The molecule has 0 spiro atoms. The van der Waals surface area contributed by atoms with E-state index >= 15 is 0 Å². The average molecular weight is 832 g/mol. The minimum absolute atomic E-state index is 0.103. The predicted octanol–water partition coefficient (Wildman–Crippen LogP) is 6.76. The van der Waals surface area contributed by atoms with Gasteiger partial charge in [0.05, 0.1) is 26.4 Å². The number of benzene rings is 3. The van der Waals surface area contributed by atoms with Crippen LogP contribution in [0.25, 0.3) is 10.4 Å². The van der Waals surface area contributed by atoms with Crippen molar-refractivity contribution < 1.29 is 56.8 Å². The van der Waals surface area contributed by atoms with Gasteiger partial charge in [0, 0.05) is 39.1 Å². The minimum Gasteiger partial charge on any atom is -0.376 e. The molecule has 3 aromatic rings. The minimum atomic E-state index is -1.27. The Morgan fingerprint density at radius 1 is 0.633 bits per heavy atom. The zero-order valence-electron chi connectivity index (χ0n) is 34.9. The summed E-state index contributed by atoms with van der Waals surface area (Å²) in [6.07, 6.45) is -5.36. The summed E-state index contributed by atoms with van der Waals surface area (Å²) in [5.41, 5.74) is 13.1. The van der Waals surface area contributed by atoms with Gasteiger partial charge in [0.15, 0.2) is 12.1 Å². The van der Waals surface area contributed by atoms with Crippen molar-refractivity contribution in [3.63, 3.8) is 0 Å². The maximum Gasteiger partial charge on any atom is 0.223 e. The highest BCUT2D eigenvalue weighted by Gasteiger charge is 2.70. The summed E-state index contributed by atoms with van der Waals surface area (Å²) in [7, 11) is 4.82. The molecule has 3 heterocycles. The molecule has 13 atom stereocenters. The van der Waals surface area contributed by atoms with E-state index in [1.54, 1.807) is 21.3 Å². The third-order valence-electron chi connectivity index (χ3n) is 12.3. The standard InChI is InChI=1S/C45H57N3O12/c1-43(2)57-38-36(49-3)39-41(60-45(51-5)24-16-15-23-44(45,50-4)59-39)37(40(38)58-43)56-42-33(47-48-46)35(54-27-31-21-13-8-14-22-31)34(53-26-30-19-11-7-12-20-30)32(55-42)28-52-25-29-17-9-6-10-18-29/h6-14,17-22,32-42H,15-16,23-28H2,1-5H3/t32-,33-,34-,35-,36-,37+,38-,39+,40+,41+,42-,44-,45-/m1/s1. The molecule has 0 unspecified atom stereocenters. The van der Waals surface area contributed by atoms with E-state index in [2.05, 4.69) is 10.0 Å². The van der Waals surface area contributed by atoms with E-state index in [0.29, 0.717) is 19.4 Å². The maximum atomic E-state index is 10.2. The van der Waals surface area contributed by atoms with Gasteiger partial charge < -0.3 is 56.8 Å². The van der Waals surface area contributed by atoms with E-state index < -0.39 is 84.6 Å². The van der Waals surface area contributed by atoms with E-state index in [9.17, 15) is 5.53 Å². The highest BCUT2D eigenvalue weighted by atomic mass is 16.8. The number of fused-ring (bicyclic) bond motifs is 3. The second kappa shape index (κ2) is 18.9. The number of rotatable bonds is 16. The van der Waals surface area contributed by atoms with Crippen molar-refractivity contribution in [2.45, 2.75) is 144 Å². The largest absolute Gasteiger partial charge is 0.376 e. The average Bonchev–Trinajstić information content (AvgIpc) is 3.60. The number of methoxy groups -OCH3 is 3. The van der Waals surface area contributed by atoms with Gasteiger partial charge >= 0.3 is 0 Å². The molecule has 0 radical (unpaired) electrons. The highest BCUT2D eigenvalue weighted by Crippen LogP contribution is 2.54. The molecular weight excluding hydrogens is 775 g/mol. The van der Waals surface area contributed by atoms with Crippen LogP contribution in [0.5, 0.6) is 0 Å². The first-order valence-electron chi connectivity index (χ1n) is 20.8. The molecule has 8 rings (SSSR count). The molecule has 3 aliphatic heterocycles. The monoisotopic (exact) mass is 831 g/mol. The summed E-state index contributed by atoms with van der Waals surface area (Å²) in [4.78, 5) is 3.31. The van der Waals surface area contributed by atoms with E-state index in [-0.39, 0.29) is 19.8 Å². The van der Waals surface area contributed by atoms with Crippen molar-refractivity contribution in [2.24, 2.45) is 5.11 Å². The lowest BCUT2D eigenvalue weighted by molar-refractivity contribution is -0.491. The molecule has 2 aliphatic carbocycles. The maximum absolute atomic E-state index is 10.2. The second-order valence-electron chi connectivity index (χ2n) is 16.4. The molecule has 15 nitrogen and oxygen atoms in total. The van der Waals surface area contributed by atoms with Crippen LogP contribution in [0, 0.1) is 0 Å². The third kappa shape index (κ3) is 8.75. The van der Waals surface area contributed by atoms with E-state index in [1.165, 1.54) is 0 Å². The lowest BCUT2D eigenvalue weighted by Gasteiger charge is -2.61. The van der Waals surface area contributed by atoms with E-state index in [4.69, 9.17) is 56.8 Å². The zero-order valence-corrected chi connectivity index (χ0v) is 34.9. The molecule has 0 aromatic heterocycles. The lowest BCUT2D eigenvalue weighted by atomic mass is 9.79. The van der Waals surface area contributed by atoms with Gasteiger partial charge in [-0.2, -0.15) is 0 Å². The first-order valence-corrected chi connectivity index (χ1v) is 20.8. The van der Waals surface area contributed by atoms with Gasteiger partial charge in [-0.3, -0.25) is 0 Å². The van der Waals surface area contributed by atoms with Crippen LogP contribution < -0.4 is 0 Å². The topological polar surface area (TPSA) is 160 Å². The fraction of sp³-hybridized carbons (Fsp3) is 0.600. The van der Waals surface area contributed by atoms with Crippen LogP contribution >= 0.6 is 0 Å². The van der Waals surface area contributed by atoms with Crippen LogP contribution in [-0.2, 0) is 76.7 Å². The van der Waals surface area contributed by atoms with Crippen molar-refractivity contribution in [1.82, 2.24) is 0 Å². The summed E-state index contributed by atoms with van der Waals surface area (Å²) >= 11 is 0. The van der Waals surface area contributed by atoms with Crippen molar-refractivity contribution in [2.75, 3.05) is 27.9 Å². The van der Waals surface area contributed by atoms with Gasteiger partial charge in [-0.15, -0.1) is 0 Å². The molecule has 0 bridgehead atoms. The van der Waals surface area contributed by atoms with Crippen molar-refractivity contribution in [3.8, 4) is 0 Å². The van der Waals surface area contributed by atoms with Crippen LogP contribution in [0.15, 0.2) is 96.1 Å². The van der Waals surface area contributed by atoms with E-state index in [0.717, 1.165) is 29.5 Å². The Labute approximate surface area is 351 Å². The van der Waals surface area contributed by atoms with Crippen LogP contribution in [0.1, 0.15) is 56.2 Å². The molecule has 60 heavy (non-hydrogen) atoms. The fourth-order valence-corrected chi connectivity index (χ4v) is 9.48. The Morgan fingerprint density at radius 3 is 1.63 bits per heavy atom. The summed E-state index contributed by atoms with van der Waals surface area (Å²) in [6, 6.07) is 28.5. The number of hydrogen-bond donors (Lipinski definition) is 0. The van der Waals surface area contributed by atoms with Crippen LogP contribution in [0.3, 0.4) is 0 Å². The molecule has 0 N–H and O–H groups in total. The fourth-order valence-electron chi connectivity index (χ4n) is 9.48. The zero-order chi connectivity index (χ0) is 41.7. The van der Waals surface area contributed by atoms with Gasteiger partial charge in [0.1, 0.15) is 61.0 Å². The predicted molar refractivity (Wildman–Crippen MR) is 215 cm³/mol. The first kappa shape index (κ1) is 43.2. The smallest absolute Gasteiger partial charge is 0.223 e. The van der Waals surface area contributed by atoms with Crippen LogP contribution in [0.2, 0.25) is 0 Å².